The van der Waals surface area contributed by atoms with Crippen molar-refractivity contribution in [1.29, 1.82) is 0 Å². The van der Waals surface area contributed by atoms with Crippen LogP contribution in [0.5, 0.6) is 0 Å². The van der Waals surface area contributed by atoms with Gasteiger partial charge in [-0.1, -0.05) is 25.1 Å². The fourth-order valence-corrected chi connectivity index (χ4v) is 3.08. The van der Waals surface area contributed by atoms with Crippen molar-refractivity contribution in [3.8, 4) is 0 Å². The number of likely N-dealkylation sites (N-methyl/N-ethyl adjacent to an activating group) is 1. The van der Waals surface area contributed by atoms with Crippen LogP contribution in [0.2, 0.25) is 0 Å². The van der Waals surface area contributed by atoms with Crippen LogP contribution in [0.15, 0.2) is 36.7 Å². The Bertz CT molecular complexity index is 718. The fourth-order valence-electron chi connectivity index (χ4n) is 3.08. The topological polar surface area (TPSA) is 75.3 Å². The summed E-state index contributed by atoms with van der Waals surface area (Å²) in [6.45, 7) is 3.42. The number of carbonyl (C=O) groups excluding carboxylic acids is 1. The molecule has 2 N–H and O–H groups in total. The number of nitrogen functional groups attached to an aromatic ring is 1. The molecule has 3 rings (SSSR count). The first-order valence-corrected chi connectivity index (χ1v) is 7.78. The van der Waals surface area contributed by atoms with Gasteiger partial charge in [0.15, 0.2) is 11.5 Å². The van der Waals surface area contributed by atoms with Gasteiger partial charge in [-0.3, -0.25) is 4.79 Å². The van der Waals surface area contributed by atoms with Crippen LogP contribution in [0.1, 0.15) is 29.4 Å². The number of para-hydroxylation sites is 1. The maximum atomic E-state index is 13.0. The Morgan fingerprint density at radius 1 is 1.30 bits per heavy atom. The molecule has 1 atom stereocenters. The van der Waals surface area contributed by atoms with E-state index >= 15 is 0 Å². The van der Waals surface area contributed by atoms with Crippen molar-refractivity contribution in [2.45, 2.75) is 25.9 Å². The van der Waals surface area contributed by atoms with Crippen LogP contribution in [0.4, 0.5) is 11.5 Å². The van der Waals surface area contributed by atoms with Crippen LogP contribution in [0, 0.1) is 0 Å². The fraction of sp³-hybridized carbons (Fsp3) is 0.353. The van der Waals surface area contributed by atoms with Crippen LogP contribution in [-0.2, 0) is 6.54 Å². The molecule has 0 aliphatic carbocycles. The number of hydrogen-bond acceptors (Lipinski definition) is 5. The smallest absolute Gasteiger partial charge is 0.276 e. The molecular formula is C17H21N5O. The van der Waals surface area contributed by atoms with Crippen LogP contribution >= 0.6 is 0 Å². The number of benzene rings is 1. The van der Waals surface area contributed by atoms with Gasteiger partial charge in [0.1, 0.15) is 0 Å². The number of carbonyl (C=O) groups is 1. The van der Waals surface area contributed by atoms with Crippen molar-refractivity contribution in [1.82, 2.24) is 14.9 Å². The summed E-state index contributed by atoms with van der Waals surface area (Å²) < 4.78 is 0. The minimum Gasteiger partial charge on any atom is -0.382 e. The van der Waals surface area contributed by atoms with E-state index in [1.54, 1.807) is 0 Å². The minimum atomic E-state index is -0.160. The van der Waals surface area contributed by atoms with Crippen molar-refractivity contribution < 1.29 is 4.79 Å². The van der Waals surface area contributed by atoms with E-state index in [1.165, 1.54) is 12.4 Å². The van der Waals surface area contributed by atoms with Gasteiger partial charge < -0.3 is 15.5 Å². The maximum absolute atomic E-state index is 13.0. The molecule has 2 heterocycles. The molecule has 0 radical (unpaired) electrons. The highest BCUT2D eigenvalue weighted by Gasteiger charge is 2.30. The average Bonchev–Trinajstić information content (AvgIpc) is 2.71. The third-order valence-corrected chi connectivity index (χ3v) is 4.33. The van der Waals surface area contributed by atoms with E-state index in [1.807, 2.05) is 17.0 Å². The van der Waals surface area contributed by atoms with Gasteiger partial charge in [-0.05, 0) is 18.1 Å². The second-order valence-corrected chi connectivity index (χ2v) is 5.79. The van der Waals surface area contributed by atoms with E-state index < -0.39 is 0 Å². The summed E-state index contributed by atoms with van der Waals surface area (Å²) in [5.41, 5.74) is 8.36. The lowest BCUT2D eigenvalue weighted by Gasteiger charge is -2.30. The van der Waals surface area contributed by atoms with Crippen molar-refractivity contribution in [3.63, 3.8) is 0 Å². The third-order valence-electron chi connectivity index (χ3n) is 4.33. The highest BCUT2D eigenvalue weighted by molar-refractivity contribution is 5.96. The SMILES string of the molecule is CCC1CN(C)c2ccccc2CN1C(=O)c1nccnc1N. The Kier molecular flexibility index (Phi) is 4.14. The third kappa shape index (κ3) is 2.84. The summed E-state index contributed by atoms with van der Waals surface area (Å²) >= 11 is 0. The Morgan fingerprint density at radius 2 is 2.04 bits per heavy atom. The van der Waals surface area contributed by atoms with Gasteiger partial charge in [-0.2, -0.15) is 0 Å². The molecule has 1 aromatic carbocycles. The predicted octanol–water partition coefficient (Wildman–Crippen LogP) is 1.93. The molecule has 6 heteroatoms. The first-order chi connectivity index (χ1) is 11.1. The lowest BCUT2D eigenvalue weighted by Crippen LogP contribution is -2.44. The summed E-state index contributed by atoms with van der Waals surface area (Å²) in [5.74, 6) is 0.0193. The van der Waals surface area contributed by atoms with E-state index in [2.05, 4.69) is 41.0 Å². The van der Waals surface area contributed by atoms with Gasteiger partial charge in [0, 0.05) is 44.3 Å². The number of hydrogen-bond donors (Lipinski definition) is 1. The summed E-state index contributed by atoms with van der Waals surface area (Å²) in [6.07, 6.45) is 3.86. The Morgan fingerprint density at radius 3 is 2.78 bits per heavy atom. The zero-order valence-electron chi connectivity index (χ0n) is 13.4. The highest BCUT2D eigenvalue weighted by atomic mass is 16.2. The Hall–Kier alpha value is -2.63. The zero-order chi connectivity index (χ0) is 16.4. The van der Waals surface area contributed by atoms with E-state index in [4.69, 9.17) is 5.73 Å². The number of nitrogens with two attached hydrogens (primary N) is 1. The van der Waals surface area contributed by atoms with Crippen molar-refractivity contribution >= 4 is 17.4 Å². The van der Waals surface area contributed by atoms with Crippen LogP contribution < -0.4 is 10.6 Å². The van der Waals surface area contributed by atoms with Crippen LogP contribution in [0.25, 0.3) is 0 Å². The monoisotopic (exact) mass is 311 g/mol. The average molecular weight is 311 g/mol. The normalized spacial score (nSPS) is 17.6. The van der Waals surface area contributed by atoms with Gasteiger partial charge >= 0.3 is 0 Å². The second-order valence-electron chi connectivity index (χ2n) is 5.79. The molecule has 0 fully saturated rings. The first kappa shape index (κ1) is 15.3. The molecule has 1 aromatic heterocycles. The minimum absolute atomic E-state index is 0.0984. The summed E-state index contributed by atoms with van der Waals surface area (Å²) in [4.78, 5) is 25.2. The molecular weight excluding hydrogens is 290 g/mol. The number of anilines is 2. The van der Waals surface area contributed by atoms with E-state index in [-0.39, 0.29) is 23.5 Å². The van der Waals surface area contributed by atoms with E-state index in [0.717, 1.165) is 24.2 Å². The molecule has 1 amide bonds. The number of fused-ring (bicyclic) bond motifs is 1. The van der Waals surface area contributed by atoms with Gasteiger partial charge in [-0.15, -0.1) is 0 Å². The number of aromatic nitrogens is 2. The number of rotatable bonds is 2. The zero-order valence-corrected chi connectivity index (χ0v) is 13.4. The van der Waals surface area contributed by atoms with Crippen molar-refractivity contribution in [2.75, 3.05) is 24.2 Å². The first-order valence-electron chi connectivity index (χ1n) is 7.78. The molecule has 2 aromatic rings. The molecule has 1 aliphatic heterocycles. The molecule has 120 valence electrons. The quantitative estimate of drug-likeness (QED) is 0.917. The molecule has 1 aliphatic rings. The van der Waals surface area contributed by atoms with Gasteiger partial charge in [-0.25, -0.2) is 9.97 Å². The molecule has 0 saturated heterocycles. The molecule has 23 heavy (non-hydrogen) atoms. The summed E-state index contributed by atoms with van der Waals surface area (Å²) in [7, 11) is 2.06. The largest absolute Gasteiger partial charge is 0.382 e. The molecule has 0 spiro atoms. The highest BCUT2D eigenvalue weighted by Crippen LogP contribution is 2.28. The Labute approximate surface area is 135 Å². The van der Waals surface area contributed by atoms with Gasteiger partial charge in [0.05, 0.1) is 0 Å². The van der Waals surface area contributed by atoms with Gasteiger partial charge in [0.25, 0.3) is 5.91 Å². The van der Waals surface area contributed by atoms with Gasteiger partial charge in [0.2, 0.25) is 0 Å². The lowest BCUT2D eigenvalue weighted by atomic mass is 10.1. The van der Waals surface area contributed by atoms with Crippen molar-refractivity contribution in [3.05, 3.63) is 47.9 Å². The molecule has 0 saturated carbocycles. The van der Waals surface area contributed by atoms with Crippen LogP contribution in [0.3, 0.4) is 0 Å². The van der Waals surface area contributed by atoms with Crippen molar-refractivity contribution in [2.24, 2.45) is 0 Å². The Balaban J connectivity index is 2.00. The predicted molar refractivity (Wildman–Crippen MR) is 90.1 cm³/mol. The number of amides is 1. The molecule has 1 unspecified atom stereocenters. The second kappa shape index (κ2) is 6.24. The van der Waals surface area contributed by atoms with E-state index in [9.17, 15) is 4.79 Å². The van der Waals surface area contributed by atoms with E-state index in [0.29, 0.717) is 6.54 Å². The summed E-state index contributed by atoms with van der Waals surface area (Å²) in [6, 6.07) is 8.27. The summed E-state index contributed by atoms with van der Waals surface area (Å²) in [5, 5.41) is 0. The number of nitrogens with zero attached hydrogens (tertiary/aromatic N) is 4. The maximum Gasteiger partial charge on any atom is 0.276 e. The van der Waals surface area contributed by atoms with Crippen LogP contribution in [-0.4, -0.2) is 40.4 Å². The standard InChI is InChI=1S/C17H21N5O/c1-3-13-11-21(2)14-7-5-4-6-12(14)10-22(13)17(23)15-16(18)20-9-8-19-15/h4-9,13H,3,10-11H2,1-2H3,(H2,18,20). The molecule has 0 bridgehead atoms. The molecule has 6 nitrogen and oxygen atoms in total. The lowest BCUT2D eigenvalue weighted by molar-refractivity contribution is 0.0662.